The number of piperidine rings is 1. The van der Waals surface area contributed by atoms with Gasteiger partial charge in [0.15, 0.2) is 5.96 Å². The summed E-state index contributed by atoms with van der Waals surface area (Å²) >= 11 is 0. The number of para-hydroxylation sites is 1. The topological polar surface area (TPSA) is 55.3 Å². The lowest BCUT2D eigenvalue weighted by Gasteiger charge is -2.37. The molecular weight excluding hydrogens is 529 g/mol. The van der Waals surface area contributed by atoms with E-state index in [9.17, 15) is 0 Å². The Morgan fingerprint density at radius 2 is 1.88 bits per heavy atom. The van der Waals surface area contributed by atoms with Crippen molar-refractivity contribution >= 4 is 29.9 Å². The molecule has 33 heavy (non-hydrogen) atoms. The number of likely N-dealkylation sites (tertiary alicyclic amines) is 1. The molecule has 1 N–H and O–H groups in total. The Labute approximate surface area is 216 Å². The number of guanidine groups is 1. The molecule has 1 unspecified atom stereocenters. The Morgan fingerprint density at radius 1 is 1.12 bits per heavy atom. The molecule has 186 valence electrons. The van der Waals surface area contributed by atoms with Crippen molar-refractivity contribution in [2.24, 2.45) is 4.99 Å². The maximum Gasteiger partial charge on any atom is 0.193 e. The Bertz CT molecular complexity index is 740. The molecule has 1 aliphatic carbocycles. The van der Waals surface area contributed by atoms with E-state index in [0.717, 1.165) is 63.8 Å². The molecular formula is C26H42IN3O3. The highest BCUT2D eigenvalue weighted by atomic mass is 127. The number of nitrogens with one attached hydrogen (secondary N) is 1. The zero-order valence-corrected chi connectivity index (χ0v) is 22.7. The van der Waals surface area contributed by atoms with Crippen LogP contribution in [0.25, 0.3) is 0 Å². The first-order valence-corrected chi connectivity index (χ1v) is 12.6. The minimum absolute atomic E-state index is 0. The highest BCUT2D eigenvalue weighted by molar-refractivity contribution is 14.0. The molecule has 2 aliphatic heterocycles. The zero-order valence-electron chi connectivity index (χ0n) is 20.4. The second-order valence-electron chi connectivity index (χ2n) is 9.60. The van der Waals surface area contributed by atoms with Crippen molar-refractivity contribution < 1.29 is 14.2 Å². The van der Waals surface area contributed by atoms with Gasteiger partial charge in [0.25, 0.3) is 0 Å². The number of halogens is 1. The van der Waals surface area contributed by atoms with E-state index in [2.05, 4.69) is 39.5 Å². The molecule has 2 saturated heterocycles. The van der Waals surface area contributed by atoms with Crippen LogP contribution in [0.5, 0.6) is 5.75 Å². The summed E-state index contributed by atoms with van der Waals surface area (Å²) < 4.78 is 17.7. The SMILES string of the molecule is CN=C(NCC1(c2ccccc2OC)CCCC1)N1CCC(OCC2CCCCO2)CC1.I. The number of aliphatic imine (C=N–C) groups is 1. The summed E-state index contributed by atoms with van der Waals surface area (Å²) in [5.41, 5.74) is 1.45. The molecule has 1 saturated carbocycles. The molecule has 0 aromatic heterocycles. The fourth-order valence-corrected chi connectivity index (χ4v) is 5.67. The number of rotatable bonds is 7. The van der Waals surface area contributed by atoms with Gasteiger partial charge in [0.2, 0.25) is 0 Å². The van der Waals surface area contributed by atoms with Crippen LogP contribution in [0, 0.1) is 0 Å². The molecule has 4 rings (SSSR count). The van der Waals surface area contributed by atoms with Crippen LogP contribution in [0.2, 0.25) is 0 Å². The zero-order chi connectivity index (χ0) is 22.2. The first-order valence-electron chi connectivity index (χ1n) is 12.6. The van der Waals surface area contributed by atoms with E-state index < -0.39 is 0 Å². The van der Waals surface area contributed by atoms with Crippen LogP contribution in [-0.2, 0) is 14.9 Å². The van der Waals surface area contributed by atoms with Gasteiger partial charge in [-0.1, -0.05) is 31.0 Å². The van der Waals surface area contributed by atoms with Gasteiger partial charge in [-0.2, -0.15) is 0 Å². The second kappa shape index (κ2) is 13.1. The highest BCUT2D eigenvalue weighted by Gasteiger charge is 2.38. The van der Waals surface area contributed by atoms with Gasteiger partial charge in [0, 0.05) is 44.3 Å². The third-order valence-corrected chi connectivity index (χ3v) is 7.57. The van der Waals surface area contributed by atoms with Crippen molar-refractivity contribution in [2.45, 2.75) is 75.4 Å². The van der Waals surface area contributed by atoms with Gasteiger partial charge in [0.05, 0.1) is 25.9 Å². The number of nitrogens with zero attached hydrogens (tertiary/aromatic N) is 2. The molecule has 0 bridgehead atoms. The quantitative estimate of drug-likeness (QED) is 0.291. The second-order valence-corrected chi connectivity index (χ2v) is 9.60. The number of hydrogen-bond acceptors (Lipinski definition) is 4. The van der Waals surface area contributed by atoms with E-state index in [1.54, 1.807) is 7.11 Å². The Kier molecular flexibility index (Phi) is 10.6. The number of hydrogen-bond donors (Lipinski definition) is 1. The molecule has 2 heterocycles. The van der Waals surface area contributed by atoms with Crippen LogP contribution < -0.4 is 10.1 Å². The number of benzene rings is 1. The van der Waals surface area contributed by atoms with Gasteiger partial charge in [-0.05, 0) is 51.0 Å². The average Bonchev–Trinajstić information content (AvgIpc) is 3.34. The van der Waals surface area contributed by atoms with Crippen molar-refractivity contribution in [2.75, 3.05) is 47.0 Å². The average molecular weight is 572 g/mol. The maximum absolute atomic E-state index is 6.20. The molecule has 1 atom stereocenters. The van der Waals surface area contributed by atoms with E-state index >= 15 is 0 Å². The van der Waals surface area contributed by atoms with E-state index in [1.165, 1.54) is 44.1 Å². The Hall–Kier alpha value is -1.06. The molecule has 6 nitrogen and oxygen atoms in total. The molecule has 1 aromatic carbocycles. The van der Waals surface area contributed by atoms with Crippen molar-refractivity contribution in [3.05, 3.63) is 29.8 Å². The lowest BCUT2D eigenvalue weighted by atomic mass is 9.78. The largest absolute Gasteiger partial charge is 0.496 e. The van der Waals surface area contributed by atoms with Crippen LogP contribution in [0.3, 0.4) is 0 Å². The number of methoxy groups -OCH3 is 1. The summed E-state index contributed by atoms with van der Waals surface area (Å²) in [4.78, 5) is 7.01. The molecule has 0 radical (unpaired) electrons. The highest BCUT2D eigenvalue weighted by Crippen LogP contribution is 2.44. The monoisotopic (exact) mass is 571 g/mol. The molecule has 0 amide bonds. The summed E-state index contributed by atoms with van der Waals surface area (Å²) in [5, 5.41) is 3.73. The summed E-state index contributed by atoms with van der Waals surface area (Å²) in [6, 6.07) is 8.53. The fraction of sp³-hybridized carbons (Fsp3) is 0.731. The lowest BCUT2D eigenvalue weighted by molar-refractivity contribution is -0.0721. The summed E-state index contributed by atoms with van der Waals surface area (Å²) in [7, 11) is 3.68. The van der Waals surface area contributed by atoms with Crippen LogP contribution in [0.1, 0.15) is 63.4 Å². The van der Waals surface area contributed by atoms with E-state index in [-0.39, 0.29) is 29.4 Å². The summed E-state index contributed by atoms with van der Waals surface area (Å²) in [5.74, 6) is 2.02. The minimum atomic E-state index is 0. The van der Waals surface area contributed by atoms with Crippen LogP contribution in [-0.4, -0.2) is 70.1 Å². The first kappa shape index (κ1) is 26.5. The van der Waals surface area contributed by atoms with Crippen molar-refractivity contribution in [3.63, 3.8) is 0 Å². The molecule has 0 spiro atoms. The van der Waals surface area contributed by atoms with Crippen LogP contribution in [0.4, 0.5) is 0 Å². The Balaban J connectivity index is 0.00000306. The van der Waals surface area contributed by atoms with Gasteiger partial charge in [0.1, 0.15) is 5.75 Å². The van der Waals surface area contributed by atoms with Crippen LogP contribution in [0.15, 0.2) is 29.3 Å². The van der Waals surface area contributed by atoms with Gasteiger partial charge < -0.3 is 24.4 Å². The summed E-state index contributed by atoms with van der Waals surface area (Å²) in [6.45, 7) is 4.51. The molecule has 3 aliphatic rings. The fourth-order valence-electron chi connectivity index (χ4n) is 5.67. The Morgan fingerprint density at radius 3 is 2.55 bits per heavy atom. The lowest BCUT2D eigenvalue weighted by Crippen LogP contribution is -2.50. The van der Waals surface area contributed by atoms with Gasteiger partial charge in [-0.15, -0.1) is 24.0 Å². The predicted molar refractivity (Wildman–Crippen MR) is 144 cm³/mol. The summed E-state index contributed by atoms with van der Waals surface area (Å²) in [6.07, 6.45) is 11.3. The molecule has 1 aromatic rings. The van der Waals surface area contributed by atoms with E-state index in [1.807, 2.05) is 7.05 Å². The van der Waals surface area contributed by atoms with Crippen molar-refractivity contribution in [1.29, 1.82) is 0 Å². The van der Waals surface area contributed by atoms with Gasteiger partial charge >= 0.3 is 0 Å². The van der Waals surface area contributed by atoms with Gasteiger partial charge in [-0.3, -0.25) is 4.99 Å². The van der Waals surface area contributed by atoms with Crippen molar-refractivity contribution in [1.82, 2.24) is 10.2 Å². The number of ether oxygens (including phenoxy) is 3. The van der Waals surface area contributed by atoms with E-state index in [0.29, 0.717) is 12.2 Å². The molecule has 7 heteroatoms. The first-order chi connectivity index (χ1) is 15.7. The van der Waals surface area contributed by atoms with Gasteiger partial charge in [-0.25, -0.2) is 0 Å². The minimum Gasteiger partial charge on any atom is -0.496 e. The molecule has 3 fully saturated rings. The maximum atomic E-state index is 6.20. The predicted octanol–water partition coefficient (Wildman–Crippen LogP) is 4.75. The van der Waals surface area contributed by atoms with Crippen LogP contribution >= 0.6 is 24.0 Å². The third-order valence-electron chi connectivity index (χ3n) is 7.57. The smallest absolute Gasteiger partial charge is 0.193 e. The normalized spacial score (nSPS) is 23.8. The third kappa shape index (κ3) is 6.75. The van der Waals surface area contributed by atoms with Crippen molar-refractivity contribution in [3.8, 4) is 5.75 Å². The van der Waals surface area contributed by atoms with E-state index in [4.69, 9.17) is 14.2 Å². The standard InChI is InChI=1S/C26H41N3O3.HI/c1-27-25(29-16-12-21(13-17-29)32-19-22-9-5-8-18-31-22)28-20-26(14-6-7-15-26)23-10-3-4-11-24(23)30-2;/h3-4,10-11,21-22H,5-9,12-20H2,1-2H3,(H,27,28);1H.